The molecule has 5 nitrogen and oxygen atoms in total. The lowest BCUT2D eigenvalue weighted by Gasteiger charge is -2.03. The van der Waals surface area contributed by atoms with Crippen LogP contribution in [0.3, 0.4) is 0 Å². The van der Waals surface area contributed by atoms with Gasteiger partial charge in [0.05, 0.1) is 6.42 Å². The van der Waals surface area contributed by atoms with Crippen molar-refractivity contribution in [1.82, 2.24) is 15.8 Å². The van der Waals surface area contributed by atoms with Crippen LogP contribution in [0.5, 0.6) is 0 Å². The minimum absolute atomic E-state index is 0.154. The van der Waals surface area contributed by atoms with Crippen molar-refractivity contribution in [2.24, 2.45) is 0 Å². The minimum Gasteiger partial charge on any atom is -0.273 e. The highest BCUT2D eigenvalue weighted by atomic mass is 35.5. The highest BCUT2D eigenvalue weighted by Crippen LogP contribution is 2.08. The Morgan fingerprint density at radius 2 is 2.13 bits per heavy atom. The van der Waals surface area contributed by atoms with Gasteiger partial charge >= 0.3 is 0 Å². The lowest BCUT2D eigenvalue weighted by atomic mass is 10.4. The van der Waals surface area contributed by atoms with E-state index in [1.54, 1.807) is 0 Å². The van der Waals surface area contributed by atoms with Gasteiger partial charge in [-0.3, -0.25) is 20.4 Å². The Labute approximate surface area is 95.8 Å². The van der Waals surface area contributed by atoms with Crippen LogP contribution < -0.4 is 10.9 Å². The number of alkyl halides is 1. The van der Waals surface area contributed by atoms with Gasteiger partial charge in [-0.15, -0.1) is 22.9 Å². The fraction of sp³-hybridized carbons (Fsp3) is 0.375. The number of hydrogen-bond donors (Lipinski definition) is 2. The first-order chi connectivity index (χ1) is 7.11. The zero-order valence-electron chi connectivity index (χ0n) is 8.04. The fourth-order valence-electron chi connectivity index (χ4n) is 0.838. The topological polar surface area (TPSA) is 71.1 Å². The van der Waals surface area contributed by atoms with Crippen LogP contribution >= 0.6 is 22.9 Å². The molecule has 1 aromatic heterocycles. The maximum atomic E-state index is 11.2. The van der Waals surface area contributed by atoms with Crippen LogP contribution in [-0.2, 0) is 16.0 Å². The zero-order chi connectivity index (χ0) is 11.3. The van der Waals surface area contributed by atoms with Crippen LogP contribution in [0.2, 0.25) is 0 Å². The smallest absolute Gasteiger partial charge is 0.253 e. The first-order valence-corrected chi connectivity index (χ1v) is 5.58. The molecule has 2 N–H and O–H groups in total. The van der Waals surface area contributed by atoms with Gasteiger partial charge in [0, 0.05) is 11.1 Å². The summed E-state index contributed by atoms with van der Waals surface area (Å²) in [5, 5.41) is 2.57. The number of carbonyl (C=O) groups excluding carboxylic acids is 2. The second kappa shape index (κ2) is 5.67. The Morgan fingerprint density at radius 3 is 2.67 bits per heavy atom. The number of hydrazine groups is 1. The van der Waals surface area contributed by atoms with Gasteiger partial charge in [-0.1, -0.05) is 0 Å². The predicted molar refractivity (Wildman–Crippen MR) is 57.6 cm³/mol. The fourth-order valence-corrected chi connectivity index (χ4v) is 1.68. The summed E-state index contributed by atoms with van der Waals surface area (Å²) in [6.07, 6.45) is 0.154. The quantitative estimate of drug-likeness (QED) is 0.599. The molecule has 0 atom stereocenters. The molecule has 0 spiro atoms. The molecule has 0 saturated carbocycles. The van der Waals surface area contributed by atoms with Gasteiger partial charge in [0.1, 0.15) is 10.9 Å². The van der Waals surface area contributed by atoms with E-state index in [2.05, 4.69) is 15.8 Å². The van der Waals surface area contributed by atoms with Gasteiger partial charge in [0.2, 0.25) is 5.91 Å². The SMILES string of the molecule is Cc1csc(CC(=O)NNC(=O)CCl)n1. The van der Waals surface area contributed by atoms with E-state index in [4.69, 9.17) is 11.6 Å². The van der Waals surface area contributed by atoms with Crippen LogP contribution in [-0.4, -0.2) is 22.7 Å². The van der Waals surface area contributed by atoms with Gasteiger partial charge in [-0.25, -0.2) is 4.98 Å². The number of aryl methyl sites for hydroxylation is 1. The number of amides is 2. The number of rotatable bonds is 3. The van der Waals surface area contributed by atoms with Crippen molar-refractivity contribution in [2.45, 2.75) is 13.3 Å². The lowest BCUT2D eigenvalue weighted by molar-refractivity contribution is -0.127. The third kappa shape index (κ3) is 4.26. The van der Waals surface area contributed by atoms with E-state index in [9.17, 15) is 9.59 Å². The van der Waals surface area contributed by atoms with Gasteiger partial charge in [-0.05, 0) is 6.92 Å². The Hall–Kier alpha value is -1.14. The summed E-state index contributed by atoms with van der Waals surface area (Å²) >= 11 is 6.63. The third-order valence-corrected chi connectivity index (χ3v) is 2.65. The van der Waals surface area contributed by atoms with Gasteiger partial charge in [0.15, 0.2) is 0 Å². The number of nitrogens with zero attached hydrogens (tertiary/aromatic N) is 1. The van der Waals surface area contributed by atoms with Crippen molar-refractivity contribution in [1.29, 1.82) is 0 Å². The first kappa shape index (κ1) is 11.9. The highest BCUT2D eigenvalue weighted by molar-refractivity contribution is 7.09. The van der Waals surface area contributed by atoms with E-state index in [0.29, 0.717) is 5.01 Å². The molecule has 0 aliphatic carbocycles. The molecule has 0 unspecified atom stereocenters. The summed E-state index contributed by atoms with van der Waals surface area (Å²) in [5.74, 6) is -0.945. The Kier molecular flexibility index (Phi) is 4.51. The van der Waals surface area contributed by atoms with Gasteiger partial charge in [0.25, 0.3) is 5.91 Å². The van der Waals surface area contributed by atoms with Gasteiger partial charge in [-0.2, -0.15) is 0 Å². The molecule has 0 aliphatic heterocycles. The molecule has 82 valence electrons. The van der Waals surface area contributed by atoms with Crippen molar-refractivity contribution in [3.8, 4) is 0 Å². The van der Waals surface area contributed by atoms with E-state index >= 15 is 0 Å². The van der Waals surface area contributed by atoms with Crippen molar-refractivity contribution in [3.63, 3.8) is 0 Å². The summed E-state index contributed by atoms with van der Waals surface area (Å²) in [6.45, 7) is 1.85. The molecular formula is C8H10ClN3O2S. The maximum absolute atomic E-state index is 11.2. The Bertz CT molecular complexity index is 367. The average molecular weight is 248 g/mol. The van der Waals surface area contributed by atoms with E-state index in [1.165, 1.54) is 11.3 Å². The normalized spacial score (nSPS) is 9.73. The van der Waals surface area contributed by atoms with Crippen LogP contribution in [0.1, 0.15) is 10.7 Å². The molecule has 2 amide bonds. The van der Waals surface area contributed by atoms with Crippen LogP contribution in [0.25, 0.3) is 0 Å². The molecule has 0 aromatic carbocycles. The predicted octanol–water partition coefficient (Wildman–Crippen LogP) is 0.380. The number of hydrogen-bond acceptors (Lipinski definition) is 4. The summed E-state index contributed by atoms with van der Waals surface area (Å²) < 4.78 is 0. The van der Waals surface area contributed by atoms with E-state index in [0.717, 1.165) is 5.69 Å². The molecule has 0 fully saturated rings. The van der Waals surface area contributed by atoms with Gasteiger partial charge < -0.3 is 0 Å². The molecule has 15 heavy (non-hydrogen) atoms. The second-order valence-electron chi connectivity index (χ2n) is 2.79. The Morgan fingerprint density at radius 1 is 1.47 bits per heavy atom. The molecule has 0 bridgehead atoms. The van der Waals surface area contributed by atoms with Crippen LogP contribution in [0.15, 0.2) is 5.38 Å². The lowest BCUT2D eigenvalue weighted by Crippen LogP contribution is -2.42. The third-order valence-electron chi connectivity index (χ3n) is 1.44. The summed E-state index contributed by atoms with van der Waals surface area (Å²) in [7, 11) is 0. The summed E-state index contributed by atoms with van der Waals surface area (Å²) in [4.78, 5) is 26.1. The van der Waals surface area contributed by atoms with Crippen LogP contribution in [0, 0.1) is 6.92 Å². The first-order valence-electron chi connectivity index (χ1n) is 4.16. The number of halogens is 1. The summed E-state index contributed by atoms with van der Waals surface area (Å²) in [5.41, 5.74) is 5.28. The molecule has 0 radical (unpaired) electrons. The molecule has 1 rings (SSSR count). The molecule has 0 aliphatic rings. The largest absolute Gasteiger partial charge is 0.273 e. The summed E-state index contributed by atoms with van der Waals surface area (Å²) in [6, 6.07) is 0. The minimum atomic E-state index is -0.444. The number of carbonyl (C=O) groups is 2. The number of nitrogens with one attached hydrogen (secondary N) is 2. The van der Waals surface area contributed by atoms with Crippen molar-refractivity contribution in [3.05, 3.63) is 16.1 Å². The van der Waals surface area contributed by atoms with E-state index < -0.39 is 5.91 Å². The van der Waals surface area contributed by atoms with Crippen LogP contribution in [0.4, 0.5) is 0 Å². The molecule has 0 saturated heterocycles. The molecule has 1 heterocycles. The van der Waals surface area contributed by atoms with E-state index in [-0.39, 0.29) is 18.2 Å². The van der Waals surface area contributed by atoms with Crippen molar-refractivity contribution < 1.29 is 9.59 Å². The second-order valence-corrected chi connectivity index (χ2v) is 4.00. The van der Waals surface area contributed by atoms with E-state index in [1.807, 2.05) is 12.3 Å². The standard InChI is InChI=1S/C8H10ClN3O2S/c1-5-4-15-8(10-5)2-6(13)11-12-7(14)3-9/h4H,2-3H2,1H3,(H,11,13)(H,12,14). The monoisotopic (exact) mass is 247 g/mol. The van der Waals surface area contributed by atoms with Crippen molar-refractivity contribution in [2.75, 3.05) is 5.88 Å². The highest BCUT2D eigenvalue weighted by Gasteiger charge is 2.07. The van der Waals surface area contributed by atoms with Crippen molar-refractivity contribution >= 4 is 34.8 Å². The maximum Gasteiger partial charge on any atom is 0.253 e. The molecule has 7 heteroatoms. The number of thiazole rings is 1. The number of aromatic nitrogens is 1. The zero-order valence-corrected chi connectivity index (χ0v) is 9.61. The molecular weight excluding hydrogens is 238 g/mol. The average Bonchev–Trinajstić information content (AvgIpc) is 2.60. The molecule has 1 aromatic rings. The Balaban J connectivity index is 2.33.